The van der Waals surface area contributed by atoms with E-state index in [0.717, 1.165) is 20.9 Å². The predicted octanol–water partition coefficient (Wildman–Crippen LogP) is 6.11. The molecule has 0 radical (unpaired) electrons. The van der Waals surface area contributed by atoms with Gasteiger partial charge in [-0.25, -0.2) is 0 Å². The van der Waals surface area contributed by atoms with Crippen molar-refractivity contribution in [3.8, 4) is 0 Å². The van der Waals surface area contributed by atoms with Gasteiger partial charge in [-0.15, -0.1) is 0 Å². The Morgan fingerprint density at radius 3 is 2.14 bits per heavy atom. The van der Waals surface area contributed by atoms with Crippen LogP contribution in [-0.2, 0) is 0 Å². The van der Waals surface area contributed by atoms with Crippen molar-refractivity contribution in [2.45, 2.75) is 0 Å². The molecule has 0 aliphatic rings. The van der Waals surface area contributed by atoms with Crippen LogP contribution in [0.5, 0.6) is 0 Å². The number of nitrogens with one attached hydrogen (secondary N) is 2. The Morgan fingerprint density at radius 1 is 0.655 bits per heavy atom. The van der Waals surface area contributed by atoms with Crippen molar-refractivity contribution in [3.63, 3.8) is 0 Å². The number of benzene rings is 4. The summed E-state index contributed by atoms with van der Waals surface area (Å²) in [6, 6.07) is 27.7. The lowest BCUT2D eigenvalue weighted by molar-refractivity contribution is 0.101. The van der Waals surface area contributed by atoms with Gasteiger partial charge in [-0.3, -0.25) is 9.59 Å². The lowest BCUT2D eigenvalue weighted by Gasteiger charge is -2.10. The second-order valence-corrected chi connectivity index (χ2v) is 7.35. The van der Waals surface area contributed by atoms with Crippen LogP contribution in [0.4, 0.5) is 11.4 Å². The van der Waals surface area contributed by atoms with Gasteiger partial charge in [0.15, 0.2) is 0 Å². The van der Waals surface area contributed by atoms with Gasteiger partial charge in [-0.2, -0.15) is 0 Å². The molecule has 0 saturated carbocycles. The third kappa shape index (κ3) is 4.20. The van der Waals surface area contributed by atoms with E-state index in [9.17, 15) is 9.59 Å². The second kappa shape index (κ2) is 8.29. The smallest absolute Gasteiger partial charge is 0.256 e. The minimum atomic E-state index is -0.217. The topological polar surface area (TPSA) is 58.2 Å². The van der Waals surface area contributed by atoms with Crippen LogP contribution in [0.2, 0.25) is 0 Å². The van der Waals surface area contributed by atoms with E-state index in [1.54, 1.807) is 36.4 Å². The quantitative estimate of drug-likeness (QED) is 0.399. The van der Waals surface area contributed by atoms with E-state index >= 15 is 0 Å². The van der Waals surface area contributed by atoms with Crippen LogP contribution in [0.15, 0.2) is 95.5 Å². The second-order valence-electron chi connectivity index (χ2n) is 6.49. The Labute approximate surface area is 176 Å². The fraction of sp³-hybridized carbons (Fsp3) is 0. The summed E-state index contributed by atoms with van der Waals surface area (Å²) in [7, 11) is 0. The lowest BCUT2D eigenvalue weighted by Crippen LogP contribution is -2.14. The van der Waals surface area contributed by atoms with Crippen molar-refractivity contribution in [3.05, 3.63) is 107 Å². The van der Waals surface area contributed by atoms with Gasteiger partial charge in [-0.1, -0.05) is 48.5 Å². The summed E-state index contributed by atoms with van der Waals surface area (Å²) in [5.74, 6) is -0.421. The van der Waals surface area contributed by atoms with Crippen LogP contribution in [0.1, 0.15) is 20.7 Å². The van der Waals surface area contributed by atoms with E-state index in [-0.39, 0.29) is 11.8 Å². The summed E-state index contributed by atoms with van der Waals surface area (Å²) in [5.41, 5.74) is 2.44. The number of carbonyl (C=O) groups is 2. The lowest BCUT2D eigenvalue weighted by atomic mass is 10.1. The highest BCUT2D eigenvalue weighted by Gasteiger charge is 2.11. The predicted molar refractivity (Wildman–Crippen MR) is 120 cm³/mol. The van der Waals surface area contributed by atoms with E-state index in [0.29, 0.717) is 16.8 Å². The summed E-state index contributed by atoms with van der Waals surface area (Å²) in [6.07, 6.45) is 0. The maximum absolute atomic E-state index is 12.7. The first kappa shape index (κ1) is 18.9. The Kier molecular flexibility index (Phi) is 5.40. The molecule has 0 spiro atoms. The van der Waals surface area contributed by atoms with Gasteiger partial charge >= 0.3 is 0 Å². The molecule has 0 saturated heterocycles. The van der Waals surface area contributed by atoms with Gasteiger partial charge in [-0.05, 0) is 63.8 Å². The highest BCUT2D eigenvalue weighted by Crippen LogP contribution is 2.24. The van der Waals surface area contributed by atoms with Crippen LogP contribution in [0, 0.1) is 0 Å². The molecule has 4 nitrogen and oxygen atoms in total. The van der Waals surface area contributed by atoms with Crippen molar-refractivity contribution < 1.29 is 9.59 Å². The molecule has 29 heavy (non-hydrogen) atoms. The van der Waals surface area contributed by atoms with Gasteiger partial charge in [0, 0.05) is 26.8 Å². The van der Waals surface area contributed by atoms with Crippen molar-refractivity contribution in [1.29, 1.82) is 0 Å². The molecule has 0 unspecified atom stereocenters. The largest absolute Gasteiger partial charge is 0.322 e. The zero-order valence-corrected chi connectivity index (χ0v) is 16.9. The van der Waals surface area contributed by atoms with Gasteiger partial charge in [0.1, 0.15) is 0 Å². The molecule has 0 atom stereocenters. The van der Waals surface area contributed by atoms with E-state index < -0.39 is 0 Å². The number of rotatable bonds is 4. The third-order valence-electron chi connectivity index (χ3n) is 4.56. The number of fused-ring (bicyclic) bond motifs is 1. The minimum absolute atomic E-state index is 0.204. The zero-order chi connectivity index (χ0) is 20.2. The first-order valence-corrected chi connectivity index (χ1v) is 9.86. The molecule has 0 aromatic heterocycles. The average molecular weight is 445 g/mol. The average Bonchev–Trinajstić information content (AvgIpc) is 2.75. The van der Waals surface area contributed by atoms with Crippen molar-refractivity contribution in [2.75, 3.05) is 10.6 Å². The van der Waals surface area contributed by atoms with E-state index in [1.165, 1.54) is 0 Å². The van der Waals surface area contributed by atoms with Crippen molar-refractivity contribution in [2.24, 2.45) is 0 Å². The monoisotopic (exact) mass is 444 g/mol. The van der Waals surface area contributed by atoms with Gasteiger partial charge in [0.05, 0.1) is 5.56 Å². The Balaban J connectivity index is 1.48. The van der Waals surface area contributed by atoms with Gasteiger partial charge < -0.3 is 10.6 Å². The first-order valence-electron chi connectivity index (χ1n) is 9.07. The molecule has 4 rings (SSSR count). The Morgan fingerprint density at radius 2 is 1.34 bits per heavy atom. The number of hydrogen-bond donors (Lipinski definition) is 2. The fourth-order valence-corrected chi connectivity index (χ4v) is 3.54. The van der Waals surface area contributed by atoms with Crippen LogP contribution in [0.25, 0.3) is 10.8 Å². The molecule has 142 valence electrons. The first-order chi connectivity index (χ1) is 14.1. The molecule has 0 aliphatic carbocycles. The number of anilines is 2. The summed E-state index contributed by atoms with van der Waals surface area (Å²) >= 11 is 3.38. The van der Waals surface area contributed by atoms with Crippen LogP contribution in [0.3, 0.4) is 0 Å². The van der Waals surface area contributed by atoms with E-state index in [1.807, 2.05) is 54.6 Å². The molecule has 5 heteroatoms. The highest BCUT2D eigenvalue weighted by molar-refractivity contribution is 9.10. The third-order valence-corrected chi connectivity index (χ3v) is 5.25. The number of halogens is 1. The van der Waals surface area contributed by atoms with E-state index in [4.69, 9.17) is 0 Å². The van der Waals surface area contributed by atoms with Crippen LogP contribution < -0.4 is 10.6 Å². The van der Waals surface area contributed by atoms with Crippen molar-refractivity contribution in [1.82, 2.24) is 0 Å². The molecule has 4 aromatic rings. The summed E-state index contributed by atoms with van der Waals surface area (Å²) in [5, 5.41) is 7.85. The molecule has 0 bridgehead atoms. The molecule has 4 aromatic carbocycles. The van der Waals surface area contributed by atoms with Crippen LogP contribution in [-0.4, -0.2) is 11.8 Å². The maximum atomic E-state index is 12.7. The molecule has 2 amide bonds. The maximum Gasteiger partial charge on any atom is 0.256 e. The highest BCUT2D eigenvalue weighted by atomic mass is 79.9. The van der Waals surface area contributed by atoms with Crippen molar-refractivity contribution >= 4 is 49.9 Å². The normalized spacial score (nSPS) is 10.5. The number of hydrogen-bond acceptors (Lipinski definition) is 2. The van der Waals surface area contributed by atoms with Crippen LogP contribution >= 0.6 is 15.9 Å². The summed E-state index contributed by atoms with van der Waals surface area (Å²) < 4.78 is 0.726. The standard InChI is InChI=1S/C24H17BrN2O2/c25-21-10-4-3-9-20(21)24(29)26-18-14-12-17(13-15-18)23(28)27-22-11-5-7-16-6-1-2-8-19(16)22/h1-15H,(H,26,29)(H,27,28). The fourth-order valence-electron chi connectivity index (χ4n) is 3.08. The zero-order valence-electron chi connectivity index (χ0n) is 15.4. The molecule has 0 heterocycles. The Hall–Kier alpha value is -3.44. The molecular weight excluding hydrogens is 428 g/mol. The SMILES string of the molecule is O=C(Nc1cccc2ccccc12)c1ccc(NC(=O)c2ccccc2Br)cc1. The number of carbonyl (C=O) groups excluding carboxylic acids is 2. The molecule has 0 fully saturated rings. The molecule has 2 N–H and O–H groups in total. The minimum Gasteiger partial charge on any atom is -0.322 e. The summed E-state index contributed by atoms with van der Waals surface area (Å²) in [6.45, 7) is 0. The van der Waals surface area contributed by atoms with E-state index in [2.05, 4.69) is 26.6 Å². The molecular formula is C24H17BrN2O2. The van der Waals surface area contributed by atoms with Gasteiger partial charge in [0.25, 0.3) is 11.8 Å². The summed E-state index contributed by atoms with van der Waals surface area (Å²) in [4.78, 5) is 25.1. The number of amides is 2. The Bertz CT molecular complexity index is 1200. The molecule has 0 aliphatic heterocycles. The van der Waals surface area contributed by atoms with Gasteiger partial charge in [0.2, 0.25) is 0 Å².